The zero-order chi connectivity index (χ0) is 28.8. The molecule has 0 bridgehead atoms. The van der Waals surface area contributed by atoms with Crippen LogP contribution in [0.2, 0.25) is 0 Å². The fourth-order valence-corrected chi connectivity index (χ4v) is 7.42. The zero-order valence-electron chi connectivity index (χ0n) is 23.7. The van der Waals surface area contributed by atoms with E-state index in [1.807, 2.05) is 6.26 Å². The SMILES string of the molecule is c1ccc2cc3c(cc2c1)oc1cccc(-c2c4ccccc4c(-c4coc5ccc6ccccc6c45)c4ccccc24)c13. The minimum atomic E-state index is 0.900. The molecule has 10 aromatic rings. The van der Waals surface area contributed by atoms with Crippen molar-refractivity contribution in [2.45, 2.75) is 0 Å². The Morgan fingerprint density at radius 3 is 1.61 bits per heavy atom. The van der Waals surface area contributed by atoms with Crippen LogP contribution in [0.1, 0.15) is 0 Å². The lowest BCUT2D eigenvalue weighted by atomic mass is 9.84. The highest BCUT2D eigenvalue weighted by Crippen LogP contribution is 2.49. The van der Waals surface area contributed by atoms with Crippen LogP contribution in [0.5, 0.6) is 0 Å². The van der Waals surface area contributed by atoms with Crippen LogP contribution in [-0.4, -0.2) is 0 Å². The van der Waals surface area contributed by atoms with Crippen LogP contribution >= 0.6 is 0 Å². The molecule has 0 aliphatic rings. The van der Waals surface area contributed by atoms with E-state index in [2.05, 4.69) is 140 Å². The standard InChI is InChI=1S/C42H24O2/c1-2-12-27-23-38-34(22-26(27)11-1)42-33(18-9-19-37(42)44-38)39-29-14-5-7-16-31(29)40(32-17-8-6-15-30(32)39)35-24-43-36-21-20-25-10-3-4-13-28(25)41(35)36/h1-24H. The molecule has 204 valence electrons. The molecule has 2 heterocycles. The molecule has 0 saturated carbocycles. The maximum absolute atomic E-state index is 6.51. The van der Waals surface area contributed by atoms with Crippen LogP contribution in [0.15, 0.2) is 155 Å². The number of furan rings is 2. The average Bonchev–Trinajstić information content (AvgIpc) is 3.67. The van der Waals surface area contributed by atoms with Crippen molar-refractivity contribution >= 4 is 76.0 Å². The molecule has 10 rings (SSSR count). The van der Waals surface area contributed by atoms with Gasteiger partial charge in [0, 0.05) is 27.3 Å². The third-order valence-electron chi connectivity index (χ3n) is 9.30. The first kappa shape index (κ1) is 23.7. The monoisotopic (exact) mass is 560 g/mol. The summed E-state index contributed by atoms with van der Waals surface area (Å²) >= 11 is 0. The van der Waals surface area contributed by atoms with Crippen molar-refractivity contribution < 1.29 is 8.83 Å². The van der Waals surface area contributed by atoms with E-state index in [-0.39, 0.29) is 0 Å². The van der Waals surface area contributed by atoms with E-state index in [0.717, 1.165) is 38.5 Å². The summed E-state index contributed by atoms with van der Waals surface area (Å²) in [4.78, 5) is 0. The third kappa shape index (κ3) is 3.20. The van der Waals surface area contributed by atoms with Gasteiger partial charge < -0.3 is 8.83 Å². The molecule has 2 heteroatoms. The summed E-state index contributed by atoms with van der Waals surface area (Å²) in [7, 11) is 0. The molecule has 0 atom stereocenters. The lowest BCUT2D eigenvalue weighted by Gasteiger charge is -2.18. The first-order chi connectivity index (χ1) is 21.8. The number of fused-ring (bicyclic) bond motifs is 9. The lowest BCUT2D eigenvalue weighted by Crippen LogP contribution is -1.91. The Morgan fingerprint density at radius 2 is 0.909 bits per heavy atom. The van der Waals surface area contributed by atoms with Crippen LogP contribution in [0.25, 0.3) is 98.3 Å². The third-order valence-corrected chi connectivity index (χ3v) is 9.30. The highest BCUT2D eigenvalue weighted by atomic mass is 16.3. The smallest absolute Gasteiger partial charge is 0.136 e. The number of hydrogen-bond acceptors (Lipinski definition) is 2. The molecular weight excluding hydrogens is 536 g/mol. The van der Waals surface area contributed by atoms with E-state index >= 15 is 0 Å². The predicted molar refractivity (Wildman–Crippen MR) is 184 cm³/mol. The van der Waals surface area contributed by atoms with Gasteiger partial charge in [-0.25, -0.2) is 0 Å². The first-order valence-electron chi connectivity index (χ1n) is 15.0. The molecule has 0 aliphatic heterocycles. The first-order valence-corrected chi connectivity index (χ1v) is 15.0. The molecule has 8 aromatic carbocycles. The minimum Gasteiger partial charge on any atom is -0.464 e. The second-order valence-corrected chi connectivity index (χ2v) is 11.6. The molecule has 0 unspecified atom stereocenters. The molecule has 2 aromatic heterocycles. The van der Waals surface area contributed by atoms with Gasteiger partial charge in [0.25, 0.3) is 0 Å². The lowest BCUT2D eigenvalue weighted by molar-refractivity contribution is 0.617. The van der Waals surface area contributed by atoms with Crippen molar-refractivity contribution in [1.82, 2.24) is 0 Å². The summed E-state index contributed by atoms with van der Waals surface area (Å²) in [6, 6.07) is 49.8. The highest BCUT2D eigenvalue weighted by Gasteiger charge is 2.22. The van der Waals surface area contributed by atoms with E-state index in [1.165, 1.54) is 59.8 Å². The van der Waals surface area contributed by atoms with Crippen molar-refractivity contribution in [3.05, 3.63) is 146 Å². The molecule has 44 heavy (non-hydrogen) atoms. The zero-order valence-corrected chi connectivity index (χ0v) is 23.7. The molecular formula is C42H24O2. The minimum absolute atomic E-state index is 0.900. The Morgan fingerprint density at radius 1 is 0.341 bits per heavy atom. The number of rotatable bonds is 2. The van der Waals surface area contributed by atoms with Gasteiger partial charge in [0.05, 0.1) is 6.26 Å². The van der Waals surface area contributed by atoms with Crippen LogP contribution in [0.3, 0.4) is 0 Å². The fraction of sp³-hybridized carbons (Fsp3) is 0. The quantitative estimate of drug-likeness (QED) is 0.197. The molecule has 0 aliphatic carbocycles. The van der Waals surface area contributed by atoms with Crippen LogP contribution in [0, 0.1) is 0 Å². The molecule has 2 nitrogen and oxygen atoms in total. The van der Waals surface area contributed by atoms with Crippen molar-refractivity contribution in [3.8, 4) is 22.3 Å². The van der Waals surface area contributed by atoms with Gasteiger partial charge in [-0.3, -0.25) is 0 Å². The summed E-state index contributed by atoms with van der Waals surface area (Å²) in [5, 5.41) is 13.1. The average molecular weight is 561 g/mol. The Labute approximate surface area is 252 Å². The van der Waals surface area contributed by atoms with Crippen molar-refractivity contribution in [2.75, 3.05) is 0 Å². The number of hydrogen-bond donors (Lipinski definition) is 0. The molecule has 0 saturated heterocycles. The van der Waals surface area contributed by atoms with E-state index in [0.29, 0.717) is 0 Å². The van der Waals surface area contributed by atoms with E-state index in [4.69, 9.17) is 8.83 Å². The summed E-state index contributed by atoms with van der Waals surface area (Å²) in [5.41, 5.74) is 7.43. The van der Waals surface area contributed by atoms with Crippen molar-refractivity contribution in [3.63, 3.8) is 0 Å². The molecule has 0 spiro atoms. The normalized spacial score (nSPS) is 12.1. The summed E-state index contributed by atoms with van der Waals surface area (Å²) in [5.74, 6) is 0. The molecule has 0 N–H and O–H groups in total. The van der Waals surface area contributed by atoms with Crippen LogP contribution in [-0.2, 0) is 0 Å². The largest absolute Gasteiger partial charge is 0.464 e. The maximum atomic E-state index is 6.51. The van der Waals surface area contributed by atoms with Gasteiger partial charge in [0.2, 0.25) is 0 Å². The Balaban J connectivity index is 1.37. The van der Waals surface area contributed by atoms with Gasteiger partial charge in [0.1, 0.15) is 16.7 Å². The second kappa shape index (κ2) is 8.82. The topological polar surface area (TPSA) is 26.3 Å². The van der Waals surface area contributed by atoms with Gasteiger partial charge in [-0.05, 0) is 78.5 Å². The van der Waals surface area contributed by atoms with Gasteiger partial charge in [-0.15, -0.1) is 0 Å². The Bertz CT molecular complexity index is 2720. The maximum Gasteiger partial charge on any atom is 0.136 e. The van der Waals surface area contributed by atoms with Crippen LogP contribution in [0.4, 0.5) is 0 Å². The fourth-order valence-electron chi connectivity index (χ4n) is 7.42. The summed E-state index contributed by atoms with van der Waals surface area (Å²) in [6.45, 7) is 0. The number of benzene rings is 8. The summed E-state index contributed by atoms with van der Waals surface area (Å²) < 4.78 is 12.7. The highest BCUT2D eigenvalue weighted by molar-refractivity contribution is 6.28. The summed E-state index contributed by atoms with van der Waals surface area (Å²) in [6.07, 6.45) is 1.94. The molecule has 0 fully saturated rings. The Kier molecular flexibility index (Phi) is 4.75. The van der Waals surface area contributed by atoms with E-state index in [1.54, 1.807) is 0 Å². The van der Waals surface area contributed by atoms with Gasteiger partial charge in [-0.1, -0.05) is 115 Å². The predicted octanol–water partition coefficient (Wildman–Crippen LogP) is 12.3. The van der Waals surface area contributed by atoms with Crippen molar-refractivity contribution in [2.24, 2.45) is 0 Å². The molecule has 0 amide bonds. The van der Waals surface area contributed by atoms with Gasteiger partial charge in [-0.2, -0.15) is 0 Å². The van der Waals surface area contributed by atoms with Crippen molar-refractivity contribution in [1.29, 1.82) is 0 Å². The van der Waals surface area contributed by atoms with Gasteiger partial charge in [0.15, 0.2) is 0 Å². The Hall–Kier alpha value is -5.86. The van der Waals surface area contributed by atoms with E-state index in [9.17, 15) is 0 Å². The van der Waals surface area contributed by atoms with E-state index < -0.39 is 0 Å². The second-order valence-electron chi connectivity index (χ2n) is 11.6. The molecule has 0 radical (unpaired) electrons. The van der Waals surface area contributed by atoms with Gasteiger partial charge >= 0.3 is 0 Å². The van der Waals surface area contributed by atoms with Crippen LogP contribution < -0.4 is 0 Å².